The molecule has 0 atom stereocenters. The van der Waals surface area contributed by atoms with Gasteiger partial charge in [0, 0.05) is 25.6 Å². The van der Waals surface area contributed by atoms with Gasteiger partial charge >= 0.3 is 0 Å². The maximum atomic E-state index is 13.4. The van der Waals surface area contributed by atoms with Crippen molar-refractivity contribution in [3.63, 3.8) is 0 Å². The number of ether oxygens (including phenoxy) is 1. The third-order valence-electron chi connectivity index (χ3n) is 6.35. The summed E-state index contributed by atoms with van der Waals surface area (Å²) in [5.74, 6) is 0.579. The molecule has 0 radical (unpaired) electrons. The first kappa shape index (κ1) is 23.3. The number of aryl methyl sites for hydroxylation is 2. The van der Waals surface area contributed by atoms with E-state index in [1.807, 2.05) is 58.0 Å². The van der Waals surface area contributed by atoms with Crippen molar-refractivity contribution in [2.45, 2.75) is 52.0 Å². The van der Waals surface area contributed by atoms with Crippen LogP contribution in [0.3, 0.4) is 0 Å². The van der Waals surface area contributed by atoms with Gasteiger partial charge in [0.05, 0.1) is 12.0 Å². The SMILES string of the molecule is COc1ccc(CNC(=O)C2CCN(S(=O)(=O)c3c(C)c(C)cc(C)c3C)CC2)cc1. The summed E-state index contributed by atoms with van der Waals surface area (Å²) in [6.07, 6.45) is 1.05. The molecule has 3 rings (SSSR count). The lowest BCUT2D eigenvalue weighted by atomic mass is 9.97. The fraction of sp³-hybridized carbons (Fsp3) is 0.458. The van der Waals surface area contributed by atoms with Crippen LogP contribution in [0.5, 0.6) is 5.75 Å². The second-order valence-corrected chi connectivity index (χ2v) is 10.2. The smallest absolute Gasteiger partial charge is 0.243 e. The minimum atomic E-state index is -3.59. The van der Waals surface area contributed by atoms with E-state index in [1.54, 1.807) is 7.11 Å². The molecule has 0 aromatic heterocycles. The molecule has 1 amide bonds. The van der Waals surface area contributed by atoms with Crippen LogP contribution in [0.1, 0.15) is 40.7 Å². The fourth-order valence-corrected chi connectivity index (χ4v) is 6.18. The number of amides is 1. The lowest BCUT2D eigenvalue weighted by Crippen LogP contribution is -2.43. The van der Waals surface area contributed by atoms with Crippen molar-refractivity contribution in [3.05, 3.63) is 58.1 Å². The van der Waals surface area contributed by atoms with Gasteiger partial charge < -0.3 is 10.1 Å². The highest BCUT2D eigenvalue weighted by Gasteiger charge is 2.34. The second-order valence-electron chi connectivity index (χ2n) is 8.33. The number of nitrogens with one attached hydrogen (secondary N) is 1. The first-order chi connectivity index (χ1) is 14.6. The molecule has 0 aliphatic carbocycles. The molecule has 7 heteroatoms. The molecule has 1 aliphatic rings. The van der Waals surface area contributed by atoms with Gasteiger partial charge in [-0.2, -0.15) is 4.31 Å². The van der Waals surface area contributed by atoms with Crippen LogP contribution in [0.4, 0.5) is 0 Å². The Balaban J connectivity index is 1.63. The van der Waals surface area contributed by atoms with E-state index in [4.69, 9.17) is 4.74 Å². The number of nitrogens with zero attached hydrogens (tertiary/aromatic N) is 1. The van der Waals surface area contributed by atoms with Gasteiger partial charge in [-0.1, -0.05) is 18.2 Å². The standard InChI is InChI=1S/C24H32N2O4S/c1-16-14-17(2)19(4)23(18(16)3)31(28,29)26-12-10-21(11-13-26)24(27)25-15-20-6-8-22(30-5)9-7-20/h6-9,14,21H,10-13,15H2,1-5H3,(H,25,27). The van der Waals surface area contributed by atoms with E-state index in [1.165, 1.54) is 4.31 Å². The predicted octanol–water partition coefficient (Wildman–Crippen LogP) is 3.65. The zero-order valence-corrected chi connectivity index (χ0v) is 19.8. The summed E-state index contributed by atoms with van der Waals surface area (Å²) in [5, 5.41) is 2.98. The lowest BCUT2D eigenvalue weighted by molar-refractivity contribution is -0.126. The first-order valence-corrected chi connectivity index (χ1v) is 12.1. The van der Waals surface area contributed by atoms with Crippen LogP contribution < -0.4 is 10.1 Å². The number of carbonyl (C=O) groups is 1. The third-order valence-corrected chi connectivity index (χ3v) is 8.52. The Hall–Kier alpha value is -2.38. The Morgan fingerprint density at radius 1 is 1.03 bits per heavy atom. The monoisotopic (exact) mass is 444 g/mol. The van der Waals surface area contributed by atoms with E-state index in [9.17, 15) is 13.2 Å². The summed E-state index contributed by atoms with van der Waals surface area (Å²) in [4.78, 5) is 13.0. The van der Waals surface area contributed by atoms with Crippen molar-refractivity contribution in [1.82, 2.24) is 9.62 Å². The maximum absolute atomic E-state index is 13.4. The minimum absolute atomic E-state index is 0.0216. The maximum Gasteiger partial charge on any atom is 0.243 e. The van der Waals surface area contributed by atoms with Crippen molar-refractivity contribution < 1.29 is 17.9 Å². The summed E-state index contributed by atoms with van der Waals surface area (Å²) in [6, 6.07) is 9.60. The van der Waals surface area contributed by atoms with Crippen LogP contribution in [0.15, 0.2) is 35.2 Å². The molecule has 2 aromatic carbocycles. The van der Waals surface area contributed by atoms with E-state index in [-0.39, 0.29) is 11.8 Å². The fourth-order valence-electron chi connectivity index (χ4n) is 4.13. The van der Waals surface area contributed by atoms with Gasteiger partial charge in [0.2, 0.25) is 15.9 Å². The number of methoxy groups -OCH3 is 1. The van der Waals surface area contributed by atoms with Crippen molar-refractivity contribution in [2.24, 2.45) is 5.92 Å². The number of rotatable bonds is 6. The summed E-state index contributed by atoms with van der Waals surface area (Å²) in [7, 11) is -1.97. The number of sulfonamides is 1. The molecule has 2 aromatic rings. The molecular formula is C24H32N2O4S. The second kappa shape index (κ2) is 9.40. The number of hydrogen-bond acceptors (Lipinski definition) is 4. The van der Waals surface area contributed by atoms with Gasteiger partial charge in [-0.15, -0.1) is 0 Å². The highest BCUT2D eigenvalue weighted by molar-refractivity contribution is 7.89. The lowest BCUT2D eigenvalue weighted by Gasteiger charge is -2.31. The molecule has 31 heavy (non-hydrogen) atoms. The average Bonchev–Trinajstić information content (AvgIpc) is 2.76. The first-order valence-electron chi connectivity index (χ1n) is 10.6. The zero-order valence-electron chi connectivity index (χ0n) is 19.0. The van der Waals surface area contributed by atoms with E-state index in [0.717, 1.165) is 33.6 Å². The molecule has 0 unspecified atom stereocenters. The van der Waals surface area contributed by atoms with Gasteiger partial charge in [0.1, 0.15) is 5.75 Å². The van der Waals surface area contributed by atoms with Gasteiger partial charge in [0.15, 0.2) is 0 Å². The zero-order chi connectivity index (χ0) is 22.8. The van der Waals surface area contributed by atoms with Gasteiger partial charge in [-0.05, 0) is 80.5 Å². The average molecular weight is 445 g/mol. The highest BCUT2D eigenvalue weighted by atomic mass is 32.2. The topological polar surface area (TPSA) is 75.7 Å². The van der Waals surface area contributed by atoms with E-state index in [0.29, 0.717) is 37.4 Å². The Morgan fingerprint density at radius 3 is 2.10 bits per heavy atom. The molecule has 0 bridgehead atoms. The molecule has 0 saturated carbocycles. The quantitative estimate of drug-likeness (QED) is 0.738. The van der Waals surface area contributed by atoms with Gasteiger partial charge in [0.25, 0.3) is 0 Å². The number of piperidine rings is 1. The normalized spacial score (nSPS) is 15.6. The van der Waals surface area contributed by atoms with E-state index >= 15 is 0 Å². The Morgan fingerprint density at radius 2 is 1.58 bits per heavy atom. The molecule has 1 fully saturated rings. The molecule has 1 heterocycles. The Labute approximate surface area is 185 Å². The van der Waals surface area contributed by atoms with Crippen LogP contribution in [0.25, 0.3) is 0 Å². The van der Waals surface area contributed by atoms with Crippen LogP contribution in [-0.4, -0.2) is 38.8 Å². The van der Waals surface area contributed by atoms with E-state index < -0.39 is 10.0 Å². The molecule has 1 aliphatic heterocycles. The number of hydrogen-bond donors (Lipinski definition) is 1. The van der Waals surface area contributed by atoms with Crippen LogP contribution in [-0.2, 0) is 21.4 Å². The van der Waals surface area contributed by atoms with Crippen molar-refractivity contribution in [3.8, 4) is 5.75 Å². The van der Waals surface area contributed by atoms with E-state index in [2.05, 4.69) is 5.32 Å². The number of benzene rings is 2. The molecule has 1 saturated heterocycles. The highest BCUT2D eigenvalue weighted by Crippen LogP contribution is 2.31. The van der Waals surface area contributed by atoms with Crippen LogP contribution in [0.2, 0.25) is 0 Å². The third kappa shape index (κ3) is 4.93. The van der Waals surface area contributed by atoms with Gasteiger partial charge in [-0.25, -0.2) is 8.42 Å². The van der Waals surface area contributed by atoms with Crippen LogP contribution >= 0.6 is 0 Å². The summed E-state index contributed by atoms with van der Waals surface area (Å²) < 4.78 is 33.5. The van der Waals surface area contributed by atoms with Crippen molar-refractivity contribution in [1.29, 1.82) is 0 Å². The van der Waals surface area contributed by atoms with Crippen LogP contribution in [0, 0.1) is 33.6 Å². The number of carbonyl (C=O) groups excluding carboxylic acids is 1. The molecular weight excluding hydrogens is 412 g/mol. The largest absolute Gasteiger partial charge is 0.497 e. The molecule has 0 spiro atoms. The summed E-state index contributed by atoms with van der Waals surface area (Å²) in [6.45, 7) is 8.79. The predicted molar refractivity (Wildman–Crippen MR) is 122 cm³/mol. The van der Waals surface area contributed by atoms with Crippen molar-refractivity contribution >= 4 is 15.9 Å². The summed E-state index contributed by atoms with van der Waals surface area (Å²) >= 11 is 0. The van der Waals surface area contributed by atoms with Gasteiger partial charge in [-0.3, -0.25) is 4.79 Å². The Bertz CT molecular complexity index is 1030. The Kier molecular flexibility index (Phi) is 7.06. The molecule has 6 nitrogen and oxygen atoms in total. The molecule has 168 valence electrons. The minimum Gasteiger partial charge on any atom is -0.497 e. The van der Waals surface area contributed by atoms with Crippen molar-refractivity contribution in [2.75, 3.05) is 20.2 Å². The summed E-state index contributed by atoms with van der Waals surface area (Å²) in [5.41, 5.74) is 4.57. The molecule has 1 N–H and O–H groups in total.